The number of unbranched alkanes of at least 4 members (excludes halogenated alkanes) is 3. The Hall–Kier alpha value is -0.330. The maximum Gasteiger partial charge on any atom is 0.0779 e. The molecule has 2 unspecified atom stereocenters. The van der Waals surface area contributed by atoms with Gasteiger partial charge >= 0.3 is 0 Å². The van der Waals surface area contributed by atoms with E-state index in [1.54, 1.807) is 0 Å². The summed E-state index contributed by atoms with van der Waals surface area (Å²) in [7, 11) is -0.685. The fourth-order valence-electron chi connectivity index (χ4n) is 3.10. The Morgan fingerprint density at radius 2 is 1.89 bits per heavy atom. The summed E-state index contributed by atoms with van der Waals surface area (Å²) in [5.74, 6) is 6.31. The van der Waals surface area contributed by atoms with E-state index < -0.39 is 16.4 Å². The van der Waals surface area contributed by atoms with Crippen LogP contribution in [0.4, 0.5) is 0 Å². The summed E-state index contributed by atoms with van der Waals surface area (Å²) in [5.41, 5.74) is -0.655. The average molecular weight is 268 g/mol. The first kappa shape index (κ1) is 14.1. The average Bonchev–Trinajstić information content (AvgIpc) is 2.58. The molecule has 2 rings (SSSR count). The molecule has 0 radical (unpaired) electrons. The van der Waals surface area contributed by atoms with Crippen LogP contribution in [0.25, 0.3) is 0 Å². The van der Waals surface area contributed by atoms with Gasteiger partial charge in [-0.1, -0.05) is 19.8 Å². The first-order valence-electron chi connectivity index (χ1n) is 7.22. The Morgan fingerprint density at radius 1 is 1.22 bits per heavy atom. The lowest BCUT2D eigenvalue weighted by Gasteiger charge is -2.34. The van der Waals surface area contributed by atoms with E-state index >= 15 is 0 Å². The molecular weight excluding hydrogens is 244 g/mol. The van der Waals surface area contributed by atoms with Crippen molar-refractivity contribution in [3.8, 4) is 11.8 Å². The normalized spacial score (nSPS) is 38.2. The number of aliphatic hydroxyl groups is 1. The van der Waals surface area contributed by atoms with Crippen LogP contribution in [0.15, 0.2) is 0 Å². The minimum absolute atomic E-state index is 0.232. The van der Waals surface area contributed by atoms with Gasteiger partial charge in [0.15, 0.2) is 0 Å². The van der Waals surface area contributed by atoms with E-state index in [1.165, 1.54) is 12.8 Å². The van der Waals surface area contributed by atoms with Crippen LogP contribution in [0.3, 0.4) is 0 Å². The standard InChI is InChI=1S/C15H24O2S/c1-2-3-4-5-6-7-10-15(16)11-13-8-9-14(12-15)18(13)17/h13-14,16H,2-5,8-12H2,1H3. The Morgan fingerprint density at radius 3 is 2.50 bits per heavy atom. The third-order valence-corrected chi connectivity index (χ3v) is 6.25. The van der Waals surface area contributed by atoms with Crippen LogP contribution in [0.2, 0.25) is 0 Å². The minimum Gasteiger partial charge on any atom is -0.389 e. The zero-order valence-corrected chi connectivity index (χ0v) is 12.1. The minimum atomic E-state index is -0.685. The van der Waals surface area contributed by atoms with Gasteiger partial charge in [-0.2, -0.15) is 0 Å². The summed E-state index contributed by atoms with van der Waals surface area (Å²) in [5, 5.41) is 11.0. The van der Waals surface area contributed by atoms with Crippen LogP contribution >= 0.6 is 0 Å². The fraction of sp³-hybridized carbons (Fsp3) is 0.867. The molecule has 0 aromatic rings. The van der Waals surface area contributed by atoms with Crippen molar-refractivity contribution < 1.29 is 9.32 Å². The van der Waals surface area contributed by atoms with Gasteiger partial charge in [-0.15, -0.1) is 11.8 Å². The topological polar surface area (TPSA) is 37.3 Å². The second kappa shape index (κ2) is 6.21. The molecule has 2 nitrogen and oxygen atoms in total. The van der Waals surface area contributed by atoms with Gasteiger partial charge in [0.1, 0.15) is 0 Å². The van der Waals surface area contributed by atoms with Gasteiger partial charge in [-0.3, -0.25) is 4.21 Å². The molecule has 2 fully saturated rings. The number of hydrogen-bond acceptors (Lipinski definition) is 2. The van der Waals surface area contributed by atoms with Gasteiger partial charge in [0.25, 0.3) is 0 Å². The lowest BCUT2D eigenvalue weighted by molar-refractivity contribution is 0.0278. The third kappa shape index (κ3) is 3.36. The van der Waals surface area contributed by atoms with Crippen LogP contribution in [-0.4, -0.2) is 25.4 Å². The van der Waals surface area contributed by atoms with Crippen molar-refractivity contribution in [2.75, 3.05) is 0 Å². The predicted molar refractivity (Wildman–Crippen MR) is 75.7 cm³/mol. The highest BCUT2D eigenvalue weighted by atomic mass is 32.2. The van der Waals surface area contributed by atoms with Crippen molar-refractivity contribution in [2.24, 2.45) is 0 Å². The van der Waals surface area contributed by atoms with Gasteiger partial charge in [0, 0.05) is 34.1 Å². The molecule has 0 aromatic carbocycles. The highest BCUT2D eigenvalue weighted by molar-refractivity contribution is 7.86. The lowest BCUT2D eigenvalue weighted by Crippen LogP contribution is -2.42. The molecule has 18 heavy (non-hydrogen) atoms. The zero-order chi connectivity index (χ0) is 13.0. The van der Waals surface area contributed by atoms with Gasteiger partial charge in [-0.05, 0) is 32.1 Å². The Labute approximate surface area is 113 Å². The van der Waals surface area contributed by atoms with E-state index in [4.69, 9.17) is 0 Å². The SMILES string of the molecule is CCCCCC#CCC1(O)CC2CCC(C1)S2=O. The molecule has 2 aliphatic rings. The molecule has 102 valence electrons. The molecule has 0 amide bonds. The second-order valence-corrected chi connectivity index (χ2v) is 7.76. The van der Waals surface area contributed by atoms with Gasteiger partial charge in [-0.25, -0.2) is 0 Å². The molecule has 2 bridgehead atoms. The van der Waals surface area contributed by atoms with Crippen LogP contribution in [0.5, 0.6) is 0 Å². The Balaban J connectivity index is 1.80. The molecule has 2 aliphatic heterocycles. The summed E-state index contributed by atoms with van der Waals surface area (Å²) in [4.78, 5) is 0. The predicted octanol–water partition coefficient (Wildman–Crippen LogP) is 2.76. The number of fused-ring (bicyclic) bond motifs is 2. The highest BCUT2D eigenvalue weighted by Gasteiger charge is 2.47. The fourth-order valence-corrected chi connectivity index (χ4v) is 5.33. The summed E-state index contributed by atoms with van der Waals surface area (Å²) in [6.45, 7) is 2.19. The van der Waals surface area contributed by atoms with Crippen molar-refractivity contribution in [1.29, 1.82) is 0 Å². The summed E-state index contributed by atoms with van der Waals surface area (Å²) in [6, 6.07) is 0. The molecular formula is C15H24O2S. The van der Waals surface area contributed by atoms with Crippen LogP contribution < -0.4 is 0 Å². The molecule has 0 aromatic heterocycles. The summed E-state index contributed by atoms with van der Waals surface area (Å²) < 4.78 is 11.9. The van der Waals surface area contributed by atoms with E-state index in [2.05, 4.69) is 18.8 Å². The first-order valence-corrected chi connectivity index (χ1v) is 8.50. The van der Waals surface area contributed by atoms with Crippen molar-refractivity contribution in [1.82, 2.24) is 0 Å². The highest BCUT2D eigenvalue weighted by Crippen LogP contribution is 2.42. The maximum absolute atomic E-state index is 11.9. The van der Waals surface area contributed by atoms with Crippen molar-refractivity contribution in [3.63, 3.8) is 0 Å². The molecule has 1 N–H and O–H groups in total. The Kier molecular flexibility index (Phi) is 4.86. The molecule has 0 aliphatic carbocycles. The Bertz CT molecular complexity index is 350. The van der Waals surface area contributed by atoms with E-state index in [0.29, 0.717) is 19.3 Å². The quantitative estimate of drug-likeness (QED) is 0.629. The van der Waals surface area contributed by atoms with Gasteiger partial charge in [0.05, 0.1) is 5.60 Å². The van der Waals surface area contributed by atoms with E-state index in [-0.39, 0.29) is 10.5 Å². The number of hydrogen-bond donors (Lipinski definition) is 1. The van der Waals surface area contributed by atoms with Crippen LogP contribution in [-0.2, 0) is 10.8 Å². The van der Waals surface area contributed by atoms with Gasteiger partial charge in [0.2, 0.25) is 0 Å². The van der Waals surface area contributed by atoms with Crippen LogP contribution in [0.1, 0.15) is 64.7 Å². The smallest absolute Gasteiger partial charge is 0.0779 e. The number of rotatable bonds is 4. The first-order chi connectivity index (χ1) is 8.64. The van der Waals surface area contributed by atoms with E-state index in [1.807, 2.05) is 0 Å². The van der Waals surface area contributed by atoms with Crippen molar-refractivity contribution in [2.45, 2.75) is 80.8 Å². The van der Waals surface area contributed by atoms with Crippen molar-refractivity contribution >= 4 is 10.8 Å². The zero-order valence-electron chi connectivity index (χ0n) is 11.3. The maximum atomic E-state index is 11.9. The van der Waals surface area contributed by atoms with Crippen LogP contribution in [0, 0.1) is 11.8 Å². The second-order valence-electron chi connectivity index (χ2n) is 5.77. The lowest BCUT2D eigenvalue weighted by atomic mass is 9.90. The molecule has 2 atom stereocenters. The third-order valence-electron chi connectivity index (χ3n) is 4.13. The van der Waals surface area contributed by atoms with Crippen molar-refractivity contribution in [3.05, 3.63) is 0 Å². The monoisotopic (exact) mass is 268 g/mol. The van der Waals surface area contributed by atoms with E-state index in [0.717, 1.165) is 25.7 Å². The van der Waals surface area contributed by atoms with E-state index in [9.17, 15) is 9.32 Å². The molecule has 0 saturated carbocycles. The largest absolute Gasteiger partial charge is 0.389 e. The molecule has 2 heterocycles. The van der Waals surface area contributed by atoms with Gasteiger partial charge < -0.3 is 5.11 Å². The summed E-state index contributed by atoms with van der Waals surface area (Å²) >= 11 is 0. The summed E-state index contributed by atoms with van der Waals surface area (Å²) in [6.07, 6.45) is 8.60. The molecule has 3 heteroatoms. The molecule has 0 spiro atoms. The molecule has 2 saturated heterocycles.